The van der Waals surface area contributed by atoms with Crippen molar-refractivity contribution in [3.05, 3.63) is 59.7 Å². The van der Waals surface area contributed by atoms with Crippen molar-refractivity contribution in [1.82, 2.24) is 0 Å². The summed E-state index contributed by atoms with van der Waals surface area (Å²) in [5.74, 6) is -1.88. The number of rotatable bonds is 5. The normalized spacial score (nSPS) is 14.3. The molecule has 3 rings (SSSR count). The van der Waals surface area contributed by atoms with E-state index >= 15 is 0 Å². The van der Waals surface area contributed by atoms with E-state index in [1.165, 1.54) is 31.2 Å². The number of amides is 3. The zero-order chi connectivity index (χ0) is 21.0. The van der Waals surface area contributed by atoms with Crippen molar-refractivity contribution in [2.24, 2.45) is 0 Å². The fourth-order valence-electron chi connectivity index (χ4n) is 2.82. The largest absolute Gasteiger partial charge is 0.449 e. The molecule has 3 amide bonds. The van der Waals surface area contributed by atoms with Gasteiger partial charge >= 0.3 is 5.97 Å². The predicted molar refractivity (Wildman–Crippen MR) is 103 cm³/mol. The van der Waals surface area contributed by atoms with Gasteiger partial charge in [0.15, 0.2) is 6.10 Å². The molecule has 0 aliphatic carbocycles. The van der Waals surface area contributed by atoms with Crippen LogP contribution in [0.5, 0.6) is 0 Å². The molecule has 1 aliphatic heterocycles. The monoisotopic (exact) mass is 391 g/mol. The maximum absolute atomic E-state index is 12.3. The molecule has 0 aromatic heterocycles. The van der Waals surface area contributed by atoms with E-state index < -0.39 is 18.0 Å². The highest BCUT2D eigenvalue weighted by molar-refractivity contribution is 6.19. The van der Waals surface area contributed by atoms with Gasteiger partial charge in [0.1, 0.15) is 6.07 Å². The van der Waals surface area contributed by atoms with Gasteiger partial charge in [-0.1, -0.05) is 12.1 Å². The summed E-state index contributed by atoms with van der Waals surface area (Å²) in [7, 11) is 0. The van der Waals surface area contributed by atoms with Crippen molar-refractivity contribution >= 4 is 35.1 Å². The quantitative estimate of drug-likeness (QED) is 0.618. The third-order valence-electron chi connectivity index (χ3n) is 4.37. The number of para-hydroxylation sites is 1. The van der Waals surface area contributed by atoms with E-state index in [0.717, 1.165) is 4.90 Å². The lowest BCUT2D eigenvalue weighted by molar-refractivity contribution is -0.124. The number of hydrogen-bond acceptors (Lipinski definition) is 6. The number of benzene rings is 2. The Bertz CT molecular complexity index is 1010. The number of anilines is 2. The van der Waals surface area contributed by atoms with Crippen molar-refractivity contribution in [2.45, 2.75) is 25.9 Å². The maximum Gasteiger partial charge on any atom is 0.338 e. The van der Waals surface area contributed by atoms with Crippen LogP contribution in [0.4, 0.5) is 11.4 Å². The first-order chi connectivity index (χ1) is 13.9. The van der Waals surface area contributed by atoms with Crippen molar-refractivity contribution in [2.75, 3.05) is 10.2 Å². The fourth-order valence-corrected chi connectivity index (χ4v) is 2.82. The first-order valence-corrected chi connectivity index (χ1v) is 8.87. The average molecular weight is 391 g/mol. The molecule has 2 aromatic carbocycles. The highest BCUT2D eigenvalue weighted by Crippen LogP contribution is 2.23. The van der Waals surface area contributed by atoms with Crippen LogP contribution in [-0.4, -0.2) is 29.8 Å². The smallest absolute Gasteiger partial charge is 0.338 e. The minimum Gasteiger partial charge on any atom is -0.449 e. The highest BCUT2D eigenvalue weighted by atomic mass is 16.5. The Morgan fingerprint density at radius 1 is 1.07 bits per heavy atom. The molecule has 0 spiro atoms. The molecular formula is C21H17N3O5. The van der Waals surface area contributed by atoms with Gasteiger partial charge in [-0.25, -0.2) is 4.79 Å². The standard InChI is InChI=1S/C21H17N3O5/c1-13(20(27)23-17-5-3-2-4-15(17)12-22)29-21(28)14-6-8-16(9-7-14)24-18(25)10-11-19(24)26/h2-9,13H,10-11H2,1H3,(H,23,27)/t13-/m1/s1. The van der Waals surface area contributed by atoms with Gasteiger partial charge in [0, 0.05) is 12.8 Å². The van der Waals surface area contributed by atoms with Gasteiger partial charge in [-0.05, 0) is 43.3 Å². The van der Waals surface area contributed by atoms with Crippen molar-refractivity contribution in [3.8, 4) is 6.07 Å². The Hall–Kier alpha value is -3.99. The lowest BCUT2D eigenvalue weighted by Crippen LogP contribution is -2.30. The maximum atomic E-state index is 12.3. The van der Waals surface area contributed by atoms with Crippen LogP contribution in [0, 0.1) is 11.3 Å². The van der Waals surface area contributed by atoms with E-state index in [1.807, 2.05) is 6.07 Å². The second-order valence-corrected chi connectivity index (χ2v) is 6.36. The van der Waals surface area contributed by atoms with Crippen LogP contribution < -0.4 is 10.2 Å². The van der Waals surface area contributed by atoms with E-state index in [-0.39, 0.29) is 30.2 Å². The zero-order valence-electron chi connectivity index (χ0n) is 15.5. The average Bonchev–Trinajstić information content (AvgIpc) is 3.06. The summed E-state index contributed by atoms with van der Waals surface area (Å²) >= 11 is 0. The number of esters is 1. The summed E-state index contributed by atoms with van der Waals surface area (Å²) in [5, 5.41) is 11.6. The lowest BCUT2D eigenvalue weighted by atomic mass is 10.2. The topological polar surface area (TPSA) is 117 Å². The molecule has 1 heterocycles. The van der Waals surface area contributed by atoms with Crippen LogP contribution in [-0.2, 0) is 19.1 Å². The van der Waals surface area contributed by atoms with E-state index in [1.54, 1.807) is 24.3 Å². The molecule has 1 N–H and O–H groups in total. The first kappa shape index (κ1) is 19.8. The Morgan fingerprint density at radius 2 is 1.69 bits per heavy atom. The molecule has 2 aromatic rings. The molecule has 29 heavy (non-hydrogen) atoms. The van der Waals surface area contributed by atoms with Crippen molar-refractivity contribution in [3.63, 3.8) is 0 Å². The van der Waals surface area contributed by atoms with Gasteiger partial charge in [0.05, 0.1) is 22.5 Å². The lowest BCUT2D eigenvalue weighted by Gasteiger charge is -2.16. The number of carbonyl (C=O) groups is 4. The number of nitrogens with zero attached hydrogens (tertiary/aromatic N) is 2. The molecular weight excluding hydrogens is 374 g/mol. The Morgan fingerprint density at radius 3 is 2.31 bits per heavy atom. The summed E-state index contributed by atoms with van der Waals surface area (Å²) in [5.41, 5.74) is 1.17. The molecule has 0 saturated carbocycles. The third-order valence-corrected chi connectivity index (χ3v) is 4.37. The van der Waals surface area contributed by atoms with Crippen LogP contribution >= 0.6 is 0 Å². The summed E-state index contributed by atoms with van der Waals surface area (Å²) < 4.78 is 5.17. The van der Waals surface area contributed by atoms with Gasteiger partial charge in [0.2, 0.25) is 11.8 Å². The second-order valence-electron chi connectivity index (χ2n) is 6.36. The van der Waals surface area contributed by atoms with Crippen LogP contribution in [0.25, 0.3) is 0 Å². The number of nitrogens with one attached hydrogen (secondary N) is 1. The molecule has 8 heteroatoms. The van der Waals surface area contributed by atoms with Gasteiger partial charge < -0.3 is 10.1 Å². The van der Waals surface area contributed by atoms with Gasteiger partial charge in [0.25, 0.3) is 5.91 Å². The molecule has 0 bridgehead atoms. The molecule has 1 fully saturated rings. The molecule has 0 radical (unpaired) electrons. The van der Waals surface area contributed by atoms with Crippen LogP contribution in [0.3, 0.4) is 0 Å². The number of nitriles is 1. The van der Waals surface area contributed by atoms with Gasteiger partial charge in [-0.15, -0.1) is 0 Å². The first-order valence-electron chi connectivity index (χ1n) is 8.87. The number of carbonyl (C=O) groups excluding carboxylic acids is 4. The minimum absolute atomic E-state index is 0.171. The van der Waals surface area contributed by atoms with Crippen LogP contribution in [0.1, 0.15) is 35.7 Å². The summed E-state index contributed by atoms with van der Waals surface area (Å²) in [6, 6.07) is 14.2. The van der Waals surface area contributed by atoms with E-state index in [2.05, 4.69) is 5.32 Å². The summed E-state index contributed by atoms with van der Waals surface area (Å²) in [6.45, 7) is 1.41. The Balaban J connectivity index is 1.63. The number of hydrogen-bond donors (Lipinski definition) is 1. The molecule has 8 nitrogen and oxygen atoms in total. The second kappa shape index (κ2) is 8.35. The molecule has 1 aliphatic rings. The zero-order valence-corrected chi connectivity index (χ0v) is 15.5. The Labute approximate surface area is 166 Å². The van der Waals surface area contributed by atoms with E-state index in [4.69, 9.17) is 10.00 Å². The predicted octanol–water partition coefficient (Wildman–Crippen LogP) is 2.40. The Kier molecular flexibility index (Phi) is 5.69. The fraction of sp³-hybridized carbons (Fsp3) is 0.190. The van der Waals surface area contributed by atoms with E-state index in [9.17, 15) is 19.2 Å². The van der Waals surface area contributed by atoms with E-state index in [0.29, 0.717) is 16.9 Å². The van der Waals surface area contributed by atoms with Gasteiger partial charge in [-0.2, -0.15) is 5.26 Å². The number of imide groups is 1. The summed E-state index contributed by atoms with van der Waals surface area (Å²) in [4.78, 5) is 49.2. The van der Waals surface area contributed by atoms with Crippen molar-refractivity contribution in [1.29, 1.82) is 5.26 Å². The number of ether oxygens (including phenoxy) is 1. The molecule has 1 atom stereocenters. The minimum atomic E-state index is -1.10. The van der Waals surface area contributed by atoms with Crippen molar-refractivity contribution < 1.29 is 23.9 Å². The molecule has 146 valence electrons. The SMILES string of the molecule is C[C@@H](OC(=O)c1ccc(N2C(=O)CCC2=O)cc1)C(=O)Nc1ccccc1C#N. The highest BCUT2D eigenvalue weighted by Gasteiger charge is 2.30. The third kappa shape index (κ3) is 4.30. The van der Waals surface area contributed by atoms with Gasteiger partial charge in [-0.3, -0.25) is 19.3 Å². The van der Waals surface area contributed by atoms with Crippen LogP contribution in [0.15, 0.2) is 48.5 Å². The summed E-state index contributed by atoms with van der Waals surface area (Å²) in [6.07, 6.45) is -0.760. The molecule has 1 saturated heterocycles. The molecule has 0 unspecified atom stereocenters. The van der Waals surface area contributed by atoms with Crippen LogP contribution in [0.2, 0.25) is 0 Å².